The Morgan fingerprint density at radius 3 is 3.08 bits per heavy atom. The average molecular weight is 215 g/mol. The van der Waals surface area contributed by atoms with E-state index in [1.807, 2.05) is 6.07 Å². The van der Waals surface area contributed by atoms with Gasteiger partial charge in [0.05, 0.1) is 5.56 Å². The molecule has 0 saturated carbocycles. The molecule has 1 atom stereocenters. The number of thiophene rings is 1. The average Bonchev–Trinajstić information content (AvgIpc) is 2.51. The molecule has 0 saturated heterocycles. The van der Waals surface area contributed by atoms with Crippen LogP contribution in [0.5, 0.6) is 0 Å². The van der Waals surface area contributed by atoms with E-state index in [1.54, 1.807) is 18.4 Å². The summed E-state index contributed by atoms with van der Waals surface area (Å²) in [6.45, 7) is 1.58. The summed E-state index contributed by atoms with van der Waals surface area (Å²) >= 11 is 6.86. The summed E-state index contributed by atoms with van der Waals surface area (Å²) in [5, 5.41) is 12.9. The van der Waals surface area contributed by atoms with Crippen molar-refractivity contribution in [2.45, 2.75) is 12.3 Å². The molecule has 0 aliphatic heterocycles. The minimum Gasteiger partial charge on any atom is -0.315 e. The molecule has 1 aromatic heterocycles. The number of carbonyl (C=O) groups excluding carboxylic acids is 1. The van der Waals surface area contributed by atoms with Crippen LogP contribution in [-0.2, 0) is 4.79 Å². The largest absolute Gasteiger partial charge is 0.315 e. The maximum atomic E-state index is 11.1. The number of anilines is 1. The van der Waals surface area contributed by atoms with Crippen molar-refractivity contribution in [2.75, 3.05) is 5.32 Å². The van der Waals surface area contributed by atoms with Gasteiger partial charge in [0.15, 0.2) is 0 Å². The normalized spacial score (nSPS) is 11.8. The molecule has 3 nitrogen and oxygen atoms in total. The van der Waals surface area contributed by atoms with E-state index in [1.165, 1.54) is 11.3 Å². The third-order valence-electron chi connectivity index (χ3n) is 1.38. The van der Waals surface area contributed by atoms with Gasteiger partial charge < -0.3 is 5.32 Å². The summed E-state index contributed by atoms with van der Waals surface area (Å²) in [5.74, 6) is -0.291. The van der Waals surface area contributed by atoms with E-state index in [9.17, 15) is 4.79 Å². The first-order chi connectivity index (χ1) is 6.15. The van der Waals surface area contributed by atoms with E-state index in [-0.39, 0.29) is 5.91 Å². The zero-order chi connectivity index (χ0) is 9.84. The standard InChI is InChI=1S/C8H7ClN2OS/c1-5(9)7(12)11-8-6(4-10)2-3-13-8/h2-3,5H,1H3,(H,11,12). The number of rotatable bonds is 2. The van der Waals surface area contributed by atoms with Crippen LogP contribution in [0.3, 0.4) is 0 Å². The zero-order valence-corrected chi connectivity index (χ0v) is 8.45. The van der Waals surface area contributed by atoms with Gasteiger partial charge in [0.2, 0.25) is 5.91 Å². The second-order valence-corrected chi connectivity index (χ2v) is 3.95. The summed E-state index contributed by atoms with van der Waals surface area (Å²) in [7, 11) is 0. The lowest BCUT2D eigenvalue weighted by Gasteiger charge is -2.03. The van der Waals surface area contributed by atoms with E-state index in [0.29, 0.717) is 10.6 Å². The number of nitriles is 1. The fraction of sp³-hybridized carbons (Fsp3) is 0.250. The maximum absolute atomic E-state index is 11.1. The highest BCUT2D eigenvalue weighted by molar-refractivity contribution is 7.14. The first kappa shape index (κ1) is 10.0. The lowest BCUT2D eigenvalue weighted by Crippen LogP contribution is -2.19. The number of carbonyl (C=O) groups is 1. The first-order valence-electron chi connectivity index (χ1n) is 3.57. The molecule has 1 N–H and O–H groups in total. The summed E-state index contributed by atoms with van der Waals surface area (Å²) in [6.07, 6.45) is 0. The van der Waals surface area contributed by atoms with Crippen molar-refractivity contribution in [1.29, 1.82) is 5.26 Å². The van der Waals surface area contributed by atoms with Crippen molar-refractivity contribution in [3.63, 3.8) is 0 Å². The predicted octanol–water partition coefficient (Wildman–Crippen LogP) is 2.19. The molecule has 0 aliphatic rings. The summed E-state index contributed by atoms with van der Waals surface area (Å²) in [6, 6.07) is 3.62. The molecule has 1 unspecified atom stereocenters. The minimum absolute atomic E-state index is 0.291. The van der Waals surface area contributed by atoms with Crippen LogP contribution in [-0.4, -0.2) is 11.3 Å². The van der Waals surface area contributed by atoms with Crippen LogP contribution >= 0.6 is 22.9 Å². The molecule has 1 rings (SSSR count). The quantitative estimate of drug-likeness (QED) is 0.768. The monoisotopic (exact) mass is 214 g/mol. The van der Waals surface area contributed by atoms with Crippen molar-refractivity contribution in [1.82, 2.24) is 0 Å². The Hall–Kier alpha value is -1.05. The molecule has 0 spiro atoms. The van der Waals surface area contributed by atoms with Gasteiger partial charge in [-0.15, -0.1) is 22.9 Å². The Morgan fingerprint density at radius 2 is 2.54 bits per heavy atom. The van der Waals surface area contributed by atoms with Crippen molar-refractivity contribution in [3.8, 4) is 6.07 Å². The van der Waals surface area contributed by atoms with Crippen molar-refractivity contribution < 1.29 is 4.79 Å². The molecule has 0 aromatic carbocycles. The van der Waals surface area contributed by atoms with Crippen LogP contribution in [0.2, 0.25) is 0 Å². The number of amides is 1. The van der Waals surface area contributed by atoms with Gasteiger partial charge >= 0.3 is 0 Å². The van der Waals surface area contributed by atoms with Gasteiger partial charge in [-0.05, 0) is 18.4 Å². The smallest absolute Gasteiger partial charge is 0.242 e. The van der Waals surface area contributed by atoms with Crippen LogP contribution in [0.15, 0.2) is 11.4 Å². The van der Waals surface area contributed by atoms with Gasteiger partial charge in [0.25, 0.3) is 0 Å². The molecule has 0 aliphatic carbocycles. The second-order valence-electron chi connectivity index (χ2n) is 2.38. The zero-order valence-electron chi connectivity index (χ0n) is 6.87. The van der Waals surface area contributed by atoms with E-state index < -0.39 is 5.38 Å². The van der Waals surface area contributed by atoms with Crippen molar-refractivity contribution in [2.24, 2.45) is 0 Å². The lowest BCUT2D eigenvalue weighted by atomic mass is 10.3. The van der Waals surface area contributed by atoms with Gasteiger partial charge in [0.1, 0.15) is 16.4 Å². The summed E-state index contributed by atoms with van der Waals surface area (Å²) in [5.41, 5.74) is 0.468. The highest BCUT2D eigenvalue weighted by Crippen LogP contribution is 2.22. The van der Waals surface area contributed by atoms with Crippen LogP contribution in [0.4, 0.5) is 5.00 Å². The number of nitrogens with one attached hydrogen (secondary N) is 1. The molecular formula is C8H7ClN2OS. The Labute approximate surface area is 84.9 Å². The SMILES string of the molecule is CC(Cl)C(=O)Nc1sccc1C#N. The molecule has 5 heteroatoms. The van der Waals surface area contributed by atoms with Crippen LogP contribution < -0.4 is 5.32 Å². The number of nitrogens with zero attached hydrogens (tertiary/aromatic N) is 1. The first-order valence-corrected chi connectivity index (χ1v) is 4.89. The van der Waals surface area contributed by atoms with Gasteiger partial charge in [-0.1, -0.05) is 0 Å². The van der Waals surface area contributed by atoms with Gasteiger partial charge in [-0.25, -0.2) is 0 Å². The molecule has 0 radical (unpaired) electrons. The topological polar surface area (TPSA) is 52.9 Å². The lowest BCUT2D eigenvalue weighted by molar-refractivity contribution is -0.115. The molecular weight excluding hydrogens is 208 g/mol. The Kier molecular flexibility index (Phi) is 3.29. The Balaban J connectivity index is 2.76. The van der Waals surface area contributed by atoms with Crippen LogP contribution in [0, 0.1) is 11.3 Å². The number of halogens is 1. The molecule has 68 valence electrons. The molecule has 13 heavy (non-hydrogen) atoms. The third-order valence-corrected chi connectivity index (χ3v) is 2.41. The molecule has 0 bridgehead atoms. The number of hydrogen-bond acceptors (Lipinski definition) is 3. The molecule has 1 aromatic rings. The minimum atomic E-state index is -0.589. The number of hydrogen-bond donors (Lipinski definition) is 1. The maximum Gasteiger partial charge on any atom is 0.242 e. The molecule has 1 amide bonds. The van der Waals surface area contributed by atoms with Crippen molar-refractivity contribution in [3.05, 3.63) is 17.0 Å². The van der Waals surface area contributed by atoms with E-state index >= 15 is 0 Å². The van der Waals surface area contributed by atoms with Crippen molar-refractivity contribution >= 4 is 33.8 Å². The van der Waals surface area contributed by atoms with E-state index in [0.717, 1.165) is 0 Å². The second kappa shape index (κ2) is 4.26. The van der Waals surface area contributed by atoms with Gasteiger partial charge in [-0.2, -0.15) is 5.26 Å². The third kappa shape index (κ3) is 2.44. The fourth-order valence-corrected chi connectivity index (χ4v) is 1.50. The highest BCUT2D eigenvalue weighted by Gasteiger charge is 2.12. The van der Waals surface area contributed by atoms with Crippen LogP contribution in [0.1, 0.15) is 12.5 Å². The molecule has 1 heterocycles. The van der Waals surface area contributed by atoms with Gasteiger partial charge in [-0.3, -0.25) is 4.79 Å². The Morgan fingerprint density at radius 1 is 1.85 bits per heavy atom. The fourth-order valence-electron chi connectivity index (χ4n) is 0.705. The van der Waals surface area contributed by atoms with Crippen LogP contribution in [0.25, 0.3) is 0 Å². The van der Waals surface area contributed by atoms with Gasteiger partial charge in [0, 0.05) is 0 Å². The predicted molar refractivity (Wildman–Crippen MR) is 53.0 cm³/mol. The summed E-state index contributed by atoms with van der Waals surface area (Å²) in [4.78, 5) is 11.1. The highest BCUT2D eigenvalue weighted by atomic mass is 35.5. The van der Waals surface area contributed by atoms with E-state index in [4.69, 9.17) is 16.9 Å². The summed E-state index contributed by atoms with van der Waals surface area (Å²) < 4.78 is 0. The van der Waals surface area contributed by atoms with E-state index in [2.05, 4.69) is 5.32 Å². The molecule has 0 fully saturated rings. The number of alkyl halides is 1. The Bertz CT molecular complexity index is 353.